The van der Waals surface area contributed by atoms with E-state index >= 15 is 0 Å². The van der Waals surface area contributed by atoms with E-state index in [1.807, 2.05) is 50.3 Å². The van der Waals surface area contributed by atoms with Gasteiger partial charge in [-0.15, -0.1) is 0 Å². The van der Waals surface area contributed by atoms with Gasteiger partial charge in [0.15, 0.2) is 13.7 Å². The first-order chi connectivity index (χ1) is 18.6. The highest BCUT2D eigenvalue weighted by molar-refractivity contribution is 7.89. The number of nitrogens with zero attached hydrogens (tertiary/aromatic N) is 1. The van der Waals surface area contributed by atoms with Crippen LogP contribution in [0, 0.1) is 18.3 Å². The number of sulfonamides is 1. The van der Waals surface area contributed by atoms with Crippen LogP contribution in [0.3, 0.4) is 0 Å². The lowest BCUT2D eigenvalue weighted by Gasteiger charge is -2.52. The fraction of sp³-hybridized carbons (Fsp3) is 0.484. The van der Waals surface area contributed by atoms with E-state index in [0.29, 0.717) is 6.42 Å². The van der Waals surface area contributed by atoms with Crippen molar-refractivity contribution in [1.29, 1.82) is 0 Å². The van der Waals surface area contributed by atoms with Crippen LogP contribution in [0.4, 0.5) is 0 Å². The summed E-state index contributed by atoms with van der Waals surface area (Å²) in [5.74, 6) is -2.00. The molecule has 0 unspecified atom stereocenters. The average Bonchev–Trinajstić information content (AvgIpc) is 2.89. The fourth-order valence-corrected chi connectivity index (χ4v) is 8.08. The lowest BCUT2D eigenvalue weighted by Crippen LogP contribution is -2.66. The molecule has 1 amide bonds. The maximum absolute atomic E-state index is 14.4. The Morgan fingerprint density at radius 3 is 2.27 bits per heavy atom. The van der Waals surface area contributed by atoms with Gasteiger partial charge in [0.1, 0.15) is 6.61 Å². The second-order valence-corrected chi connectivity index (χ2v) is 19.3. The van der Waals surface area contributed by atoms with Crippen molar-refractivity contribution in [2.45, 2.75) is 83.2 Å². The van der Waals surface area contributed by atoms with Crippen molar-refractivity contribution in [3.8, 4) is 0 Å². The number of allylic oxidation sites excluding steroid dienone is 2. The maximum Gasteiger partial charge on any atom is 0.322 e. The summed E-state index contributed by atoms with van der Waals surface area (Å²) >= 11 is 0. The van der Waals surface area contributed by atoms with Gasteiger partial charge in [-0.05, 0) is 62.5 Å². The van der Waals surface area contributed by atoms with Gasteiger partial charge in [-0.25, -0.2) is 12.7 Å². The van der Waals surface area contributed by atoms with E-state index < -0.39 is 47.7 Å². The standard InChI is InChI=1S/C31H41NO6SSi/c1-22-13-15-25(16-14-22)39(35,36)32-20-27(38-40(6,7)30(3,4)5)26-19-23(2)17-18-31(26,28(32)33)29(34)37-21-24-11-9-8-10-12-24/h8-17,26-27H,18-21H2,1-7H3/t26-,27-,31+/m1/s1. The van der Waals surface area contributed by atoms with Crippen LogP contribution in [-0.2, 0) is 35.4 Å². The van der Waals surface area contributed by atoms with Crippen LogP contribution in [0.15, 0.2) is 71.1 Å². The zero-order valence-electron chi connectivity index (χ0n) is 24.6. The number of esters is 1. The summed E-state index contributed by atoms with van der Waals surface area (Å²) < 4.78 is 41.5. The molecule has 1 heterocycles. The number of hydrogen-bond donors (Lipinski definition) is 0. The Bertz CT molecular complexity index is 1400. The second-order valence-electron chi connectivity index (χ2n) is 12.7. The number of fused-ring (bicyclic) bond motifs is 1. The minimum Gasteiger partial charge on any atom is -0.460 e. The summed E-state index contributed by atoms with van der Waals surface area (Å²) in [6.07, 6.45) is 1.72. The summed E-state index contributed by atoms with van der Waals surface area (Å²) in [6.45, 7) is 14.2. The highest BCUT2D eigenvalue weighted by Gasteiger charge is 2.64. The number of rotatable bonds is 7. The number of piperidine rings is 1. The highest BCUT2D eigenvalue weighted by Crippen LogP contribution is 2.51. The Morgan fingerprint density at radius 1 is 1.05 bits per heavy atom. The third-order valence-corrected chi connectivity index (χ3v) is 15.1. The fourth-order valence-electron chi connectivity index (χ4n) is 5.28. The van der Waals surface area contributed by atoms with Gasteiger partial charge in [-0.2, -0.15) is 0 Å². The summed E-state index contributed by atoms with van der Waals surface area (Å²) in [6, 6.07) is 15.6. The molecule has 1 saturated heterocycles. The molecule has 3 atom stereocenters. The number of hydrogen-bond acceptors (Lipinski definition) is 6. The quantitative estimate of drug-likeness (QED) is 0.172. The molecule has 0 radical (unpaired) electrons. The molecule has 0 saturated carbocycles. The van der Waals surface area contributed by atoms with E-state index in [0.717, 1.165) is 21.0 Å². The van der Waals surface area contributed by atoms with Gasteiger partial charge in [0.25, 0.3) is 15.9 Å². The molecule has 4 rings (SSSR count). The van der Waals surface area contributed by atoms with Crippen LogP contribution < -0.4 is 0 Å². The molecule has 1 aliphatic heterocycles. The minimum atomic E-state index is -4.26. The van der Waals surface area contributed by atoms with Crippen molar-refractivity contribution in [3.05, 3.63) is 77.4 Å². The molecule has 0 bridgehead atoms. The van der Waals surface area contributed by atoms with Crippen LogP contribution in [0.1, 0.15) is 51.7 Å². The Hall–Kier alpha value is -2.75. The molecule has 0 aromatic heterocycles. The SMILES string of the molecule is CC1=CC[C@@]2(C(=O)OCc3ccccc3)C(=O)N(S(=O)(=O)c3ccc(C)cc3)C[C@@H](O[Si](C)(C)C(C)(C)C)[C@H]2C1. The predicted molar refractivity (Wildman–Crippen MR) is 157 cm³/mol. The normalized spacial score (nSPS) is 23.8. The van der Waals surface area contributed by atoms with Crippen molar-refractivity contribution < 1.29 is 27.2 Å². The Balaban J connectivity index is 1.82. The lowest BCUT2D eigenvalue weighted by atomic mass is 9.62. The first-order valence-corrected chi connectivity index (χ1v) is 18.1. The number of amides is 1. The molecule has 216 valence electrons. The van der Waals surface area contributed by atoms with E-state index in [1.54, 1.807) is 12.1 Å². The first kappa shape index (κ1) is 30.2. The monoisotopic (exact) mass is 583 g/mol. The number of carbonyl (C=O) groups excluding carboxylic acids is 2. The molecule has 2 aromatic carbocycles. The van der Waals surface area contributed by atoms with E-state index in [1.165, 1.54) is 12.1 Å². The van der Waals surface area contributed by atoms with Crippen LogP contribution in [0.2, 0.25) is 18.1 Å². The molecular weight excluding hydrogens is 542 g/mol. The van der Waals surface area contributed by atoms with Gasteiger partial charge in [-0.3, -0.25) is 9.59 Å². The third kappa shape index (κ3) is 5.56. The number of carbonyl (C=O) groups is 2. The predicted octanol–water partition coefficient (Wildman–Crippen LogP) is 6.00. The number of aryl methyl sites for hydroxylation is 1. The van der Waals surface area contributed by atoms with E-state index in [2.05, 4.69) is 33.9 Å². The van der Waals surface area contributed by atoms with Gasteiger partial charge in [-0.1, -0.05) is 80.4 Å². The van der Waals surface area contributed by atoms with Gasteiger partial charge in [0, 0.05) is 5.92 Å². The van der Waals surface area contributed by atoms with Crippen LogP contribution >= 0.6 is 0 Å². The van der Waals surface area contributed by atoms with Crippen molar-refractivity contribution in [2.24, 2.45) is 11.3 Å². The van der Waals surface area contributed by atoms with E-state index in [-0.39, 0.29) is 29.5 Å². The number of ether oxygens (including phenoxy) is 1. The molecule has 0 spiro atoms. The average molecular weight is 584 g/mol. The molecule has 1 fully saturated rings. The van der Waals surface area contributed by atoms with E-state index in [4.69, 9.17) is 9.16 Å². The topological polar surface area (TPSA) is 90.0 Å². The molecule has 7 nitrogen and oxygen atoms in total. The van der Waals surface area contributed by atoms with Crippen molar-refractivity contribution in [3.63, 3.8) is 0 Å². The smallest absolute Gasteiger partial charge is 0.322 e. The minimum absolute atomic E-state index is 0.00584. The zero-order chi connectivity index (χ0) is 29.5. The maximum atomic E-state index is 14.4. The Morgan fingerprint density at radius 2 is 1.68 bits per heavy atom. The molecule has 40 heavy (non-hydrogen) atoms. The summed E-state index contributed by atoms with van der Waals surface area (Å²) in [4.78, 5) is 28.5. The van der Waals surface area contributed by atoms with E-state index in [9.17, 15) is 18.0 Å². The van der Waals surface area contributed by atoms with Crippen LogP contribution in [0.25, 0.3) is 0 Å². The van der Waals surface area contributed by atoms with Crippen molar-refractivity contribution in [2.75, 3.05) is 6.54 Å². The lowest BCUT2D eigenvalue weighted by molar-refractivity contribution is -0.178. The number of benzene rings is 2. The highest BCUT2D eigenvalue weighted by atomic mass is 32.2. The molecule has 2 aromatic rings. The zero-order valence-corrected chi connectivity index (χ0v) is 26.4. The van der Waals surface area contributed by atoms with Crippen LogP contribution in [-0.4, -0.2) is 45.6 Å². The molecule has 0 N–H and O–H groups in total. The van der Waals surface area contributed by atoms with Gasteiger partial charge in [0.2, 0.25) is 0 Å². The van der Waals surface area contributed by atoms with Crippen molar-refractivity contribution in [1.82, 2.24) is 4.31 Å². The second kappa shape index (κ2) is 10.9. The Kier molecular flexibility index (Phi) is 8.24. The molecule has 2 aliphatic rings. The summed E-state index contributed by atoms with van der Waals surface area (Å²) in [5, 5.41) is -0.162. The first-order valence-electron chi connectivity index (χ1n) is 13.8. The van der Waals surface area contributed by atoms with Gasteiger partial charge < -0.3 is 9.16 Å². The molecular formula is C31H41NO6SSi. The van der Waals surface area contributed by atoms with Gasteiger partial charge >= 0.3 is 5.97 Å². The van der Waals surface area contributed by atoms with Crippen molar-refractivity contribution >= 4 is 30.2 Å². The molecule has 1 aliphatic carbocycles. The Labute approximate surface area is 239 Å². The third-order valence-electron chi connectivity index (χ3n) is 8.79. The summed E-state index contributed by atoms with van der Waals surface area (Å²) in [7, 11) is -6.70. The summed E-state index contributed by atoms with van der Waals surface area (Å²) in [5.41, 5.74) is 1.02. The van der Waals surface area contributed by atoms with Crippen LogP contribution in [0.5, 0.6) is 0 Å². The van der Waals surface area contributed by atoms with Gasteiger partial charge in [0.05, 0.1) is 17.5 Å². The largest absolute Gasteiger partial charge is 0.460 e. The molecule has 9 heteroatoms.